The highest BCUT2D eigenvalue weighted by Crippen LogP contribution is 2.39. The Labute approximate surface area is 240 Å². The molecular formula is C28H29ClF2N8O2. The number of fused-ring (bicyclic) bond motifs is 1. The number of pyridine rings is 1. The number of halogens is 3. The van der Waals surface area contributed by atoms with Crippen LogP contribution in [0.5, 0.6) is 5.75 Å². The van der Waals surface area contributed by atoms with Gasteiger partial charge < -0.3 is 25.2 Å². The molecule has 0 aliphatic heterocycles. The molecule has 3 heterocycles. The normalized spacial score (nSPS) is 11.4. The third kappa shape index (κ3) is 7.35. The number of allylic oxidation sites excluding steroid dienone is 2. The summed E-state index contributed by atoms with van der Waals surface area (Å²) in [5, 5.41) is 10.3. The smallest absolute Gasteiger partial charge is 0.387 e. The van der Waals surface area contributed by atoms with Crippen LogP contribution in [0, 0.1) is 0 Å². The van der Waals surface area contributed by atoms with Gasteiger partial charge in [-0.25, -0.2) is 14.5 Å². The lowest BCUT2D eigenvalue weighted by molar-refractivity contribution is -0.111. The van der Waals surface area contributed by atoms with Crippen LogP contribution in [0.3, 0.4) is 0 Å². The lowest BCUT2D eigenvalue weighted by atomic mass is 10.2. The summed E-state index contributed by atoms with van der Waals surface area (Å²) in [5.74, 6) is -0.530. The first-order valence-electron chi connectivity index (χ1n) is 12.5. The van der Waals surface area contributed by atoms with E-state index < -0.39 is 12.5 Å². The molecule has 1 aromatic carbocycles. The van der Waals surface area contributed by atoms with Gasteiger partial charge in [0.05, 0.1) is 45.7 Å². The first kappa shape index (κ1) is 29.4. The number of carbonyl (C=O) groups is 1. The number of nitrogens with zero attached hydrogens (tertiary/aromatic N) is 6. The molecule has 0 unspecified atom stereocenters. The fraction of sp³-hybridized carbons (Fsp3) is 0.214. The van der Waals surface area contributed by atoms with Crippen molar-refractivity contribution in [2.45, 2.75) is 6.61 Å². The van der Waals surface area contributed by atoms with Crippen LogP contribution in [0.25, 0.3) is 16.8 Å². The number of hydrogen-bond donors (Lipinski definition) is 2. The Kier molecular flexibility index (Phi) is 9.48. The van der Waals surface area contributed by atoms with Crippen molar-refractivity contribution in [2.75, 3.05) is 49.8 Å². The van der Waals surface area contributed by atoms with E-state index in [1.165, 1.54) is 36.6 Å². The minimum Gasteiger partial charge on any atom is -0.433 e. The number of ether oxygens (including phenoxy) is 1. The SMILES string of the molecule is C=C/C=C\C(=O)Nc1cc(Nc2ncc(Cl)c(-c3cnn4ccccc34)n2)c(OC(F)F)cc1N(C)CCN(C)C. The zero-order valence-corrected chi connectivity index (χ0v) is 23.4. The van der Waals surface area contributed by atoms with Crippen LogP contribution < -0.4 is 20.3 Å². The van der Waals surface area contributed by atoms with Gasteiger partial charge in [-0.2, -0.15) is 13.9 Å². The molecule has 0 bridgehead atoms. The van der Waals surface area contributed by atoms with E-state index in [2.05, 4.69) is 32.3 Å². The number of carbonyl (C=O) groups excluding carboxylic acids is 1. The molecule has 0 radical (unpaired) electrons. The number of rotatable bonds is 12. The van der Waals surface area contributed by atoms with E-state index in [-0.39, 0.29) is 22.4 Å². The predicted octanol–water partition coefficient (Wildman–Crippen LogP) is 5.47. The number of anilines is 4. The molecule has 0 atom stereocenters. The highest BCUT2D eigenvalue weighted by atomic mass is 35.5. The van der Waals surface area contributed by atoms with Gasteiger partial charge in [0, 0.05) is 44.0 Å². The van der Waals surface area contributed by atoms with Crippen LogP contribution in [0.2, 0.25) is 5.02 Å². The third-order valence-electron chi connectivity index (χ3n) is 5.92. The van der Waals surface area contributed by atoms with E-state index in [1.54, 1.807) is 24.0 Å². The van der Waals surface area contributed by atoms with Gasteiger partial charge in [0.2, 0.25) is 11.9 Å². The topological polar surface area (TPSA) is 99.9 Å². The van der Waals surface area contributed by atoms with E-state index in [1.807, 2.05) is 42.1 Å². The van der Waals surface area contributed by atoms with Gasteiger partial charge in [0.15, 0.2) is 5.75 Å². The molecule has 0 aliphatic carbocycles. The molecule has 0 aliphatic rings. The quantitative estimate of drug-likeness (QED) is 0.168. The summed E-state index contributed by atoms with van der Waals surface area (Å²) in [4.78, 5) is 25.2. The van der Waals surface area contributed by atoms with E-state index in [0.29, 0.717) is 35.7 Å². The Balaban J connectivity index is 1.77. The van der Waals surface area contributed by atoms with Crippen molar-refractivity contribution < 1.29 is 18.3 Å². The Hall–Kier alpha value is -4.55. The molecule has 214 valence electrons. The number of alkyl halides is 2. The Bertz CT molecular complexity index is 1570. The van der Waals surface area contributed by atoms with Crippen LogP contribution >= 0.6 is 11.6 Å². The lowest BCUT2D eigenvalue weighted by Crippen LogP contribution is -2.29. The van der Waals surface area contributed by atoms with E-state index >= 15 is 0 Å². The van der Waals surface area contributed by atoms with E-state index in [0.717, 1.165) is 5.52 Å². The molecule has 41 heavy (non-hydrogen) atoms. The fourth-order valence-corrected chi connectivity index (χ4v) is 4.12. The van der Waals surface area contributed by atoms with Crippen molar-refractivity contribution >= 4 is 46.0 Å². The number of nitrogens with one attached hydrogen (secondary N) is 2. The summed E-state index contributed by atoms with van der Waals surface area (Å²) in [6, 6.07) is 8.49. The Morgan fingerprint density at radius 3 is 2.73 bits per heavy atom. The van der Waals surface area contributed by atoms with Gasteiger partial charge in [-0.1, -0.05) is 36.4 Å². The van der Waals surface area contributed by atoms with Gasteiger partial charge in [0.1, 0.15) is 0 Å². The number of likely N-dealkylation sites (N-methyl/N-ethyl adjacent to an activating group) is 2. The number of aromatic nitrogens is 4. The second-order valence-corrected chi connectivity index (χ2v) is 9.56. The molecule has 0 saturated heterocycles. The Morgan fingerprint density at radius 1 is 1.20 bits per heavy atom. The fourth-order valence-electron chi connectivity index (χ4n) is 3.93. The van der Waals surface area contributed by atoms with Crippen molar-refractivity contribution in [3.63, 3.8) is 0 Å². The van der Waals surface area contributed by atoms with E-state index in [4.69, 9.17) is 16.3 Å². The maximum atomic E-state index is 13.5. The number of amides is 1. The van der Waals surface area contributed by atoms with Gasteiger partial charge >= 0.3 is 6.61 Å². The minimum atomic E-state index is -3.10. The maximum absolute atomic E-state index is 13.5. The molecule has 3 aromatic heterocycles. The lowest BCUT2D eigenvalue weighted by Gasteiger charge is -2.26. The summed E-state index contributed by atoms with van der Waals surface area (Å²) in [7, 11) is 5.63. The summed E-state index contributed by atoms with van der Waals surface area (Å²) >= 11 is 6.44. The van der Waals surface area contributed by atoms with Crippen molar-refractivity contribution in [1.29, 1.82) is 0 Å². The largest absolute Gasteiger partial charge is 0.433 e. The maximum Gasteiger partial charge on any atom is 0.387 e. The van der Waals surface area contributed by atoms with Crippen LogP contribution in [0.15, 0.2) is 73.7 Å². The minimum absolute atomic E-state index is 0.0661. The molecule has 1 amide bonds. The molecule has 4 aromatic rings. The number of benzene rings is 1. The van der Waals surface area contributed by atoms with Crippen molar-refractivity contribution in [2.24, 2.45) is 0 Å². The third-order valence-corrected chi connectivity index (χ3v) is 6.20. The first-order chi connectivity index (χ1) is 19.7. The van der Waals surface area contributed by atoms with Crippen LogP contribution in [-0.2, 0) is 4.79 Å². The van der Waals surface area contributed by atoms with Crippen molar-refractivity contribution in [3.05, 3.63) is 78.8 Å². The van der Waals surface area contributed by atoms with Gasteiger partial charge in [-0.15, -0.1) is 0 Å². The average Bonchev–Trinajstić information content (AvgIpc) is 3.36. The zero-order valence-electron chi connectivity index (χ0n) is 22.7. The molecule has 0 saturated carbocycles. The van der Waals surface area contributed by atoms with Crippen molar-refractivity contribution in [1.82, 2.24) is 24.5 Å². The Morgan fingerprint density at radius 2 is 2.00 bits per heavy atom. The molecule has 4 rings (SSSR count). The van der Waals surface area contributed by atoms with Gasteiger partial charge in [-0.3, -0.25) is 4.79 Å². The van der Waals surface area contributed by atoms with Crippen LogP contribution in [-0.4, -0.2) is 71.2 Å². The molecule has 0 fully saturated rings. The molecule has 13 heteroatoms. The zero-order chi connectivity index (χ0) is 29.5. The summed E-state index contributed by atoms with van der Waals surface area (Å²) in [5.41, 5.74) is 2.74. The monoisotopic (exact) mass is 582 g/mol. The van der Waals surface area contributed by atoms with Gasteiger partial charge in [-0.05, 0) is 32.3 Å². The summed E-state index contributed by atoms with van der Waals surface area (Å²) in [6.45, 7) is 1.69. The average molecular weight is 583 g/mol. The molecule has 2 N–H and O–H groups in total. The second-order valence-electron chi connectivity index (χ2n) is 9.16. The number of hydrogen-bond acceptors (Lipinski definition) is 8. The molecule has 0 spiro atoms. The first-order valence-corrected chi connectivity index (χ1v) is 12.8. The van der Waals surface area contributed by atoms with Crippen molar-refractivity contribution in [3.8, 4) is 17.0 Å². The summed E-state index contributed by atoms with van der Waals surface area (Å²) in [6.07, 6.45) is 9.08. The van der Waals surface area contributed by atoms with Crippen LogP contribution in [0.4, 0.5) is 31.8 Å². The predicted molar refractivity (Wildman–Crippen MR) is 157 cm³/mol. The van der Waals surface area contributed by atoms with Crippen LogP contribution in [0.1, 0.15) is 0 Å². The highest BCUT2D eigenvalue weighted by molar-refractivity contribution is 6.33. The highest BCUT2D eigenvalue weighted by Gasteiger charge is 2.20. The van der Waals surface area contributed by atoms with E-state index in [9.17, 15) is 13.6 Å². The van der Waals surface area contributed by atoms with Gasteiger partial charge in [0.25, 0.3) is 0 Å². The molecule has 10 nitrogen and oxygen atoms in total. The second kappa shape index (κ2) is 13.2. The standard InChI is InChI=1S/C28H29ClF2N8O2/c1-5-6-10-25(40)34-20-14-21(24(41-27(30)31)15-23(20)38(4)13-12-37(2)3)35-28-32-17-19(29)26(36-28)18-16-33-39-11-8-7-9-22(18)39/h5-11,14-17,27H,1,12-13H2,2-4H3,(H,34,40)(H,32,35,36)/b10-6-. The molecular weight excluding hydrogens is 554 g/mol. The summed E-state index contributed by atoms with van der Waals surface area (Å²) < 4.78 is 33.6.